The van der Waals surface area contributed by atoms with Crippen LogP contribution in [0.3, 0.4) is 0 Å². The molecule has 0 spiro atoms. The van der Waals surface area contributed by atoms with Crippen molar-refractivity contribution >= 4 is 5.91 Å². The Labute approximate surface area is 77.7 Å². The second-order valence-corrected chi connectivity index (χ2v) is 2.58. The lowest BCUT2D eigenvalue weighted by molar-refractivity contribution is -0.125. The third kappa shape index (κ3) is 3.71. The van der Waals surface area contributed by atoms with Crippen molar-refractivity contribution in [2.75, 3.05) is 6.61 Å². The predicted octanol–water partition coefficient (Wildman–Crippen LogP) is 1.11. The molecular formula is C10H12NO2. The average Bonchev–Trinajstić information content (AvgIpc) is 2.19. The summed E-state index contributed by atoms with van der Waals surface area (Å²) in [5, 5.41) is 2.24. The fraction of sp³-hybridized carbons (Fsp3) is 0.200. The van der Waals surface area contributed by atoms with Gasteiger partial charge in [-0.05, 0) is 5.56 Å². The van der Waals surface area contributed by atoms with Gasteiger partial charge in [0.05, 0.1) is 6.61 Å². The lowest BCUT2D eigenvalue weighted by Gasteiger charge is -2.02. The zero-order valence-corrected chi connectivity index (χ0v) is 7.32. The molecule has 0 bridgehead atoms. The SMILES string of the molecule is [CH2]NC(=O)COCc1ccccc1. The van der Waals surface area contributed by atoms with Crippen molar-refractivity contribution < 1.29 is 9.53 Å². The van der Waals surface area contributed by atoms with Crippen molar-refractivity contribution in [3.63, 3.8) is 0 Å². The Hall–Kier alpha value is -1.35. The summed E-state index contributed by atoms with van der Waals surface area (Å²) in [6, 6.07) is 9.69. The molecule has 0 aliphatic heterocycles. The lowest BCUT2D eigenvalue weighted by Crippen LogP contribution is -2.21. The summed E-state index contributed by atoms with van der Waals surface area (Å²) < 4.78 is 5.12. The molecule has 3 nitrogen and oxygen atoms in total. The molecule has 69 valence electrons. The third-order valence-electron chi connectivity index (χ3n) is 1.54. The summed E-state index contributed by atoms with van der Waals surface area (Å²) in [7, 11) is 3.23. The van der Waals surface area contributed by atoms with E-state index in [1.54, 1.807) is 0 Å². The fourth-order valence-electron chi connectivity index (χ4n) is 0.887. The first-order chi connectivity index (χ1) is 6.33. The van der Waals surface area contributed by atoms with Crippen molar-refractivity contribution in [1.29, 1.82) is 0 Å². The number of carbonyl (C=O) groups is 1. The van der Waals surface area contributed by atoms with Crippen molar-refractivity contribution in [3.8, 4) is 0 Å². The molecule has 0 unspecified atom stereocenters. The highest BCUT2D eigenvalue weighted by atomic mass is 16.5. The minimum Gasteiger partial charge on any atom is -0.367 e. The van der Waals surface area contributed by atoms with Crippen LogP contribution in [0.2, 0.25) is 0 Å². The van der Waals surface area contributed by atoms with Crippen molar-refractivity contribution in [3.05, 3.63) is 42.9 Å². The van der Waals surface area contributed by atoms with Crippen molar-refractivity contribution in [2.24, 2.45) is 0 Å². The van der Waals surface area contributed by atoms with Gasteiger partial charge in [0.2, 0.25) is 5.91 Å². The van der Waals surface area contributed by atoms with Gasteiger partial charge in [-0.1, -0.05) is 30.3 Å². The van der Waals surface area contributed by atoms with E-state index in [-0.39, 0.29) is 12.5 Å². The Kier molecular flexibility index (Phi) is 3.99. The van der Waals surface area contributed by atoms with Crippen molar-refractivity contribution in [1.82, 2.24) is 5.32 Å². The monoisotopic (exact) mass is 178 g/mol. The van der Waals surface area contributed by atoms with E-state index in [9.17, 15) is 4.79 Å². The predicted molar refractivity (Wildman–Crippen MR) is 49.6 cm³/mol. The van der Waals surface area contributed by atoms with E-state index in [1.807, 2.05) is 30.3 Å². The second kappa shape index (κ2) is 5.32. The van der Waals surface area contributed by atoms with Gasteiger partial charge in [0.25, 0.3) is 0 Å². The average molecular weight is 178 g/mol. The molecule has 0 saturated carbocycles. The normalized spacial score (nSPS) is 9.62. The Morgan fingerprint density at radius 1 is 1.38 bits per heavy atom. The van der Waals surface area contributed by atoms with Crippen molar-refractivity contribution in [2.45, 2.75) is 6.61 Å². The highest BCUT2D eigenvalue weighted by Crippen LogP contribution is 1.99. The molecule has 1 radical (unpaired) electrons. The molecule has 0 aliphatic carbocycles. The van der Waals surface area contributed by atoms with Crippen LogP contribution in [0.15, 0.2) is 30.3 Å². The Balaban J connectivity index is 2.24. The summed E-state index contributed by atoms with van der Waals surface area (Å²) >= 11 is 0. The minimum absolute atomic E-state index is 0.0540. The van der Waals surface area contributed by atoms with Gasteiger partial charge >= 0.3 is 0 Å². The van der Waals surface area contributed by atoms with Crippen LogP contribution in [0.5, 0.6) is 0 Å². The maximum absolute atomic E-state index is 10.7. The topological polar surface area (TPSA) is 38.3 Å². The summed E-state index contributed by atoms with van der Waals surface area (Å²) in [4.78, 5) is 10.7. The molecule has 1 aromatic carbocycles. The molecule has 0 saturated heterocycles. The zero-order chi connectivity index (χ0) is 9.52. The van der Waals surface area contributed by atoms with Crippen LogP contribution in [0.4, 0.5) is 0 Å². The number of nitrogens with one attached hydrogen (secondary N) is 1. The van der Waals surface area contributed by atoms with Crippen LogP contribution in [0.1, 0.15) is 5.56 Å². The number of amides is 1. The number of carbonyl (C=O) groups excluding carboxylic acids is 1. The van der Waals surface area contributed by atoms with E-state index in [1.165, 1.54) is 0 Å². The van der Waals surface area contributed by atoms with E-state index in [4.69, 9.17) is 4.74 Å². The summed E-state index contributed by atoms with van der Waals surface area (Å²) in [5.74, 6) is -0.212. The Bertz CT molecular complexity index is 259. The summed E-state index contributed by atoms with van der Waals surface area (Å²) in [6.45, 7) is 0.507. The number of hydrogen-bond acceptors (Lipinski definition) is 2. The van der Waals surface area contributed by atoms with Gasteiger partial charge in [-0.15, -0.1) is 0 Å². The first-order valence-corrected chi connectivity index (χ1v) is 4.00. The van der Waals surface area contributed by atoms with Gasteiger partial charge in [-0.2, -0.15) is 0 Å². The van der Waals surface area contributed by atoms with Crippen LogP contribution in [0.25, 0.3) is 0 Å². The molecule has 1 rings (SSSR count). The van der Waals surface area contributed by atoms with Gasteiger partial charge in [0, 0.05) is 7.05 Å². The maximum Gasteiger partial charge on any atom is 0.246 e. The van der Waals surface area contributed by atoms with Gasteiger partial charge in [-0.3, -0.25) is 4.79 Å². The molecule has 1 aromatic rings. The minimum atomic E-state index is -0.212. The van der Waals surface area contributed by atoms with E-state index >= 15 is 0 Å². The van der Waals surface area contributed by atoms with Gasteiger partial charge in [0.15, 0.2) is 0 Å². The summed E-state index contributed by atoms with van der Waals surface area (Å²) in [5.41, 5.74) is 1.05. The molecule has 0 heterocycles. The van der Waals surface area contributed by atoms with E-state index in [0.29, 0.717) is 6.61 Å². The lowest BCUT2D eigenvalue weighted by atomic mass is 10.2. The Morgan fingerprint density at radius 2 is 2.08 bits per heavy atom. The number of benzene rings is 1. The molecule has 0 fully saturated rings. The molecule has 0 aliphatic rings. The van der Waals surface area contributed by atoms with E-state index in [0.717, 1.165) is 5.56 Å². The third-order valence-corrected chi connectivity index (χ3v) is 1.54. The Morgan fingerprint density at radius 3 is 2.69 bits per heavy atom. The summed E-state index contributed by atoms with van der Waals surface area (Å²) in [6.07, 6.45) is 0. The number of hydrogen-bond donors (Lipinski definition) is 1. The molecule has 1 N–H and O–H groups in total. The van der Waals surface area contributed by atoms with E-state index < -0.39 is 0 Å². The van der Waals surface area contributed by atoms with Gasteiger partial charge in [-0.25, -0.2) is 0 Å². The molecule has 0 aromatic heterocycles. The second-order valence-electron chi connectivity index (χ2n) is 2.58. The molecule has 0 atom stereocenters. The number of rotatable bonds is 4. The van der Waals surface area contributed by atoms with Crippen LogP contribution in [0, 0.1) is 7.05 Å². The van der Waals surface area contributed by atoms with E-state index in [2.05, 4.69) is 12.4 Å². The maximum atomic E-state index is 10.7. The first-order valence-electron chi connectivity index (χ1n) is 4.00. The highest BCUT2D eigenvalue weighted by Gasteiger charge is 1.97. The molecular weight excluding hydrogens is 166 g/mol. The van der Waals surface area contributed by atoms with Gasteiger partial charge < -0.3 is 10.1 Å². The van der Waals surface area contributed by atoms with Crippen LogP contribution in [-0.2, 0) is 16.1 Å². The smallest absolute Gasteiger partial charge is 0.246 e. The highest BCUT2D eigenvalue weighted by molar-refractivity contribution is 5.77. The molecule has 3 heteroatoms. The molecule has 13 heavy (non-hydrogen) atoms. The first kappa shape index (κ1) is 9.74. The zero-order valence-electron chi connectivity index (χ0n) is 7.32. The number of ether oxygens (including phenoxy) is 1. The van der Waals surface area contributed by atoms with Crippen LogP contribution < -0.4 is 5.32 Å². The van der Waals surface area contributed by atoms with Crippen LogP contribution in [-0.4, -0.2) is 12.5 Å². The van der Waals surface area contributed by atoms with Crippen LogP contribution >= 0.6 is 0 Å². The van der Waals surface area contributed by atoms with Gasteiger partial charge in [0.1, 0.15) is 6.61 Å². The standard InChI is InChI=1S/C10H12NO2/c1-11-10(12)8-13-7-9-5-3-2-4-6-9/h2-6H,1,7-8H2,(H,11,12). The largest absolute Gasteiger partial charge is 0.367 e. The quantitative estimate of drug-likeness (QED) is 0.750. The molecule has 1 amide bonds. The fourth-order valence-corrected chi connectivity index (χ4v) is 0.887.